The lowest BCUT2D eigenvalue weighted by atomic mass is 9.74. The minimum absolute atomic E-state index is 0.0326. The third kappa shape index (κ3) is 4.31. The summed E-state index contributed by atoms with van der Waals surface area (Å²) < 4.78 is 33.9. The van der Waals surface area contributed by atoms with Gasteiger partial charge in [-0.15, -0.1) is 0 Å². The minimum atomic E-state index is -3.62. The van der Waals surface area contributed by atoms with Crippen LogP contribution in [0.4, 0.5) is 0 Å². The molecule has 5 rings (SSSR count). The number of aliphatic hydroxyl groups excluding tert-OH is 1. The maximum absolute atomic E-state index is 13.5. The molecule has 3 aliphatic rings. The van der Waals surface area contributed by atoms with Crippen LogP contribution < -0.4 is 4.74 Å². The average molecular weight is 483 g/mol. The standard InChI is InChI=1S/C27H34N2O4S/c1-33-23-12-14-24(15-13-23)34(31,32)28-16-4-5-17-29-25(18-28)27(26(29)19-30)22-10-8-21(9-11-22)20-6-2-3-7-20/h6,8-15,25-27,30H,2-5,7,16-19H2,1H3/t25-,26-,27-/m0/s1. The van der Waals surface area contributed by atoms with Gasteiger partial charge in [-0.3, -0.25) is 4.90 Å². The molecule has 6 nitrogen and oxygen atoms in total. The second-order valence-corrected chi connectivity index (χ2v) is 11.5. The highest BCUT2D eigenvalue weighted by Gasteiger charge is 2.50. The summed E-state index contributed by atoms with van der Waals surface area (Å²) >= 11 is 0. The zero-order valence-electron chi connectivity index (χ0n) is 19.8. The maximum Gasteiger partial charge on any atom is 0.243 e. The van der Waals surface area contributed by atoms with Gasteiger partial charge in [0.2, 0.25) is 10.0 Å². The molecule has 0 spiro atoms. The number of hydrogen-bond donors (Lipinski definition) is 1. The second-order valence-electron chi connectivity index (χ2n) is 9.57. The van der Waals surface area contributed by atoms with Gasteiger partial charge in [0.25, 0.3) is 0 Å². The Hall–Kier alpha value is -2.19. The highest BCUT2D eigenvalue weighted by atomic mass is 32.2. The number of aliphatic hydroxyl groups is 1. The van der Waals surface area contributed by atoms with Gasteiger partial charge in [0.15, 0.2) is 0 Å². The van der Waals surface area contributed by atoms with Crippen LogP contribution in [0.5, 0.6) is 5.75 Å². The molecule has 2 aromatic rings. The molecule has 7 heteroatoms. The fraction of sp³-hybridized carbons (Fsp3) is 0.481. The molecule has 2 heterocycles. The van der Waals surface area contributed by atoms with Gasteiger partial charge in [-0.25, -0.2) is 8.42 Å². The Balaban J connectivity index is 1.40. The van der Waals surface area contributed by atoms with Crippen molar-refractivity contribution in [2.75, 3.05) is 33.4 Å². The van der Waals surface area contributed by atoms with E-state index in [0.29, 0.717) is 23.7 Å². The number of allylic oxidation sites excluding steroid dienone is 2. The summed E-state index contributed by atoms with van der Waals surface area (Å²) in [5.41, 5.74) is 3.88. The van der Waals surface area contributed by atoms with E-state index in [1.165, 1.54) is 23.1 Å². The van der Waals surface area contributed by atoms with Crippen molar-refractivity contribution in [1.29, 1.82) is 0 Å². The molecule has 0 unspecified atom stereocenters. The van der Waals surface area contributed by atoms with Gasteiger partial charge in [0.05, 0.1) is 18.6 Å². The van der Waals surface area contributed by atoms with Crippen LogP contribution in [0.3, 0.4) is 0 Å². The first kappa shape index (κ1) is 23.5. The SMILES string of the molecule is COc1ccc(S(=O)(=O)N2CCCCN3[C@@H](CO)[C@@H](c4ccc(C5=CCCC5)cc4)[C@@H]3C2)cc1. The zero-order valence-corrected chi connectivity index (χ0v) is 20.6. The van der Waals surface area contributed by atoms with E-state index in [1.54, 1.807) is 35.7 Å². The lowest BCUT2D eigenvalue weighted by Crippen LogP contribution is -2.67. The summed E-state index contributed by atoms with van der Waals surface area (Å²) in [6, 6.07) is 15.5. The summed E-state index contributed by atoms with van der Waals surface area (Å²) in [6.45, 7) is 1.93. The van der Waals surface area contributed by atoms with Crippen molar-refractivity contribution in [2.45, 2.75) is 55.0 Å². The third-order valence-electron chi connectivity index (χ3n) is 7.74. The molecule has 2 fully saturated rings. The summed E-state index contributed by atoms with van der Waals surface area (Å²) in [4.78, 5) is 2.61. The summed E-state index contributed by atoms with van der Waals surface area (Å²) in [6.07, 6.45) is 7.57. The molecule has 3 atom stereocenters. The third-order valence-corrected chi connectivity index (χ3v) is 9.62. The van der Waals surface area contributed by atoms with E-state index in [1.807, 2.05) is 0 Å². The number of hydrogen-bond acceptors (Lipinski definition) is 5. The Morgan fingerprint density at radius 2 is 1.74 bits per heavy atom. The molecule has 2 aliphatic heterocycles. The quantitative estimate of drug-likeness (QED) is 0.677. The van der Waals surface area contributed by atoms with Crippen LogP contribution in [0.15, 0.2) is 59.5 Å². The summed E-state index contributed by atoms with van der Waals surface area (Å²) in [5.74, 6) is 0.753. The van der Waals surface area contributed by atoms with Gasteiger partial charge in [0.1, 0.15) is 5.75 Å². The number of rotatable bonds is 6. The van der Waals surface area contributed by atoms with Gasteiger partial charge in [-0.05, 0) is 79.6 Å². The van der Waals surface area contributed by atoms with Crippen LogP contribution in [0.1, 0.15) is 49.1 Å². The first-order valence-corrected chi connectivity index (χ1v) is 13.8. The summed E-state index contributed by atoms with van der Waals surface area (Å²) in [7, 11) is -2.04. The van der Waals surface area contributed by atoms with Gasteiger partial charge in [0, 0.05) is 31.1 Å². The van der Waals surface area contributed by atoms with E-state index >= 15 is 0 Å². The number of ether oxygens (including phenoxy) is 1. The molecular weight excluding hydrogens is 448 g/mol. The molecule has 2 saturated heterocycles. The largest absolute Gasteiger partial charge is 0.497 e. The van der Waals surface area contributed by atoms with Crippen LogP contribution in [-0.2, 0) is 10.0 Å². The smallest absolute Gasteiger partial charge is 0.243 e. The van der Waals surface area contributed by atoms with Crippen molar-refractivity contribution in [3.63, 3.8) is 0 Å². The van der Waals surface area contributed by atoms with E-state index in [4.69, 9.17) is 4.74 Å². The molecule has 2 aromatic carbocycles. The highest BCUT2D eigenvalue weighted by molar-refractivity contribution is 7.89. The predicted octanol–water partition coefficient (Wildman–Crippen LogP) is 3.88. The summed E-state index contributed by atoms with van der Waals surface area (Å²) in [5, 5.41) is 10.2. The van der Waals surface area contributed by atoms with E-state index in [2.05, 4.69) is 35.2 Å². The topological polar surface area (TPSA) is 70.1 Å². The monoisotopic (exact) mass is 482 g/mol. The normalized spacial score (nSPS) is 26.2. The van der Waals surface area contributed by atoms with E-state index in [0.717, 1.165) is 32.2 Å². The van der Waals surface area contributed by atoms with Crippen LogP contribution in [0.2, 0.25) is 0 Å². The molecule has 0 amide bonds. The molecule has 1 N–H and O–H groups in total. The number of sulfonamides is 1. The van der Waals surface area contributed by atoms with Crippen LogP contribution in [0, 0.1) is 0 Å². The molecule has 182 valence electrons. The molecular formula is C27H34N2O4S. The number of benzene rings is 2. The van der Waals surface area contributed by atoms with Crippen molar-refractivity contribution in [3.05, 3.63) is 65.7 Å². The van der Waals surface area contributed by atoms with Gasteiger partial charge < -0.3 is 9.84 Å². The van der Waals surface area contributed by atoms with Crippen molar-refractivity contribution in [1.82, 2.24) is 9.21 Å². The molecule has 34 heavy (non-hydrogen) atoms. The van der Waals surface area contributed by atoms with Gasteiger partial charge >= 0.3 is 0 Å². The predicted molar refractivity (Wildman–Crippen MR) is 133 cm³/mol. The fourth-order valence-electron chi connectivity index (χ4n) is 5.88. The average Bonchev–Trinajstić information content (AvgIpc) is 3.38. The Labute approximate surface area is 202 Å². The van der Waals surface area contributed by atoms with Crippen LogP contribution >= 0.6 is 0 Å². The fourth-order valence-corrected chi connectivity index (χ4v) is 7.37. The zero-order chi connectivity index (χ0) is 23.7. The first-order valence-electron chi connectivity index (χ1n) is 12.3. The van der Waals surface area contributed by atoms with Gasteiger partial charge in [-0.1, -0.05) is 30.3 Å². The molecule has 0 aromatic heterocycles. The van der Waals surface area contributed by atoms with E-state index < -0.39 is 10.0 Å². The van der Waals surface area contributed by atoms with Crippen molar-refractivity contribution in [2.24, 2.45) is 0 Å². The van der Waals surface area contributed by atoms with E-state index in [9.17, 15) is 13.5 Å². The minimum Gasteiger partial charge on any atom is -0.497 e. The van der Waals surface area contributed by atoms with Crippen LogP contribution in [0.25, 0.3) is 5.57 Å². The lowest BCUT2D eigenvalue weighted by molar-refractivity contribution is -0.0553. The first-order chi connectivity index (χ1) is 16.5. The number of fused-ring (bicyclic) bond motifs is 1. The number of methoxy groups -OCH3 is 1. The molecule has 0 saturated carbocycles. The Kier molecular flexibility index (Phi) is 6.80. The highest BCUT2D eigenvalue weighted by Crippen LogP contribution is 2.43. The van der Waals surface area contributed by atoms with Crippen LogP contribution in [-0.4, -0.2) is 68.2 Å². The Morgan fingerprint density at radius 3 is 2.38 bits per heavy atom. The number of nitrogens with zero attached hydrogens (tertiary/aromatic N) is 2. The van der Waals surface area contributed by atoms with E-state index in [-0.39, 0.29) is 24.6 Å². The Bertz CT molecular complexity index is 1130. The molecule has 1 aliphatic carbocycles. The lowest BCUT2D eigenvalue weighted by Gasteiger charge is -2.57. The van der Waals surface area contributed by atoms with Crippen molar-refractivity contribution in [3.8, 4) is 5.75 Å². The second kappa shape index (κ2) is 9.82. The molecule has 0 radical (unpaired) electrons. The Morgan fingerprint density at radius 1 is 1.00 bits per heavy atom. The van der Waals surface area contributed by atoms with Gasteiger partial charge in [-0.2, -0.15) is 4.31 Å². The maximum atomic E-state index is 13.5. The van der Waals surface area contributed by atoms with Crippen molar-refractivity contribution < 1.29 is 18.3 Å². The van der Waals surface area contributed by atoms with Crippen molar-refractivity contribution >= 4 is 15.6 Å². The molecule has 0 bridgehead atoms.